The molecule has 0 bridgehead atoms. The van der Waals surface area contributed by atoms with E-state index in [0.717, 1.165) is 4.31 Å². The number of methoxy groups -OCH3 is 1. The second-order valence-electron chi connectivity index (χ2n) is 8.34. The largest absolute Gasteiger partial charge is 0.495 e. The van der Waals surface area contributed by atoms with Crippen LogP contribution in [0, 0.1) is 5.41 Å². The molecule has 0 fully saturated rings. The van der Waals surface area contributed by atoms with E-state index in [1.54, 1.807) is 24.3 Å². The molecule has 2 aromatic carbocycles. The van der Waals surface area contributed by atoms with E-state index in [2.05, 4.69) is 16.0 Å². The number of carbonyl (C=O) groups excluding carboxylic acids is 2. The fourth-order valence-electron chi connectivity index (χ4n) is 2.56. The van der Waals surface area contributed by atoms with E-state index < -0.39 is 21.3 Å². The fraction of sp³-hybridized carbons (Fsp3) is 0.364. The van der Waals surface area contributed by atoms with Crippen molar-refractivity contribution in [2.75, 3.05) is 43.7 Å². The average Bonchev–Trinajstić information content (AvgIpc) is 2.71. The van der Waals surface area contributed by atoms with Crippen molar-refractivity contribution >= 4 is 38.9 Å². The standard InChI is InChI=1S/C22H30N4O5S/c1-22(2,3)21(28)24-16-9-7-8-15(12-16)23-14-20(27)25-18-13-17(10-11-19(18)31-6)32(29,30)26(4)5/h7-13,23H,14H2,1-6H3,(H,24,28)(H,25,27). The van der Waals surface area contributed by atoms with Crippen LogP contribution in [0.25, 0.3) is 0 Å². The van der Waals surface area contributed by atoms with Crippen molar-refractivity contribution < 1.29 is 22.7 Å². The number of hydrogen-bond donors (Lipinski definition) is 3. The second-order valence-corrected chi connectivity index (χ2v) is 10.5. The highest BCUT2D eigenvalue weighted by atomic mass is 32.2. The number of carbonyl (C=O) groups is 2. The molecule has 0 aliphatic carbocycles. The van der Waals surface area contributed by atoms with Crippen molar-refractivity contribution in [2.45, 2.75) is 25.7 Å². The van der Waals surface area contributed by atoms with Gasteiger partial charge in [0.2, 0.25) is 21.8 Å². The van der Waals surface area contributed by atoms with Crippen molar-refractivity contribution in [1.29, 1.82) is 0 Å². The zero-order chi connectivity index (χ0) is 24.1. The van der Waals surface area contributed by atoms with Crippen LogP contribution in [-0.4, -0.2) is 52.3 Å². The van der Waals surface area contributed by atoms with Gasteiger partial charge >= 0.3 is 0 Å². The molecule has 0 saturated carbocycles. The molecule has 0 saturated heterocycles. The van der Waals surface area contributed by atoms with Crippen LogP contribution in [0.4, 0.5) is 17.1 Å². The van der Waals surface area contributed by atoms with Crippen LogP contribution in [0.2, 0.25) is 0 Å². The Labute approximate surface area is 189 Å². The zero-order valence-electron chi connectivity index (χ0n) is 19.1. The van der Waals surface area contributed by atoms with Crippen LogP contribution in [0.1, 0.15) is 20.8 Å². The number of anilines is 3. The first kappa shape index (κ1) is 25.2. The van der Waals surface area contributed by atoms with Gasteiger partial charge < -0.3 is 20.7 Å². The Morgan fingerprint density at radius 2 is 1.66 bits per heavy atom. The molecule has 0 atom stereocenters. The number of nitrogens with one attached hydrogen (secondary N) is 3. The maximum Gasteiger partial charge on any atom is 0.243 e. The molecule has 3 N–H and O–H groups in total. The minimum atomic E-state index is -3.66. The fourth-order valence-corrected chi connectivity index (χ4v) is 3.49. The van der Waals surface area contributed by atoms with Crippen molar-refractivity contribution in [3.8, 4) is 5.75 Å². The predicted molar refractivity (Wildman–Crippen MR) is 126 cm³/mol. The SMILES string of the molecule is COc1ccc(S(=O)(=O)N(C)C)cc1NC(=O)CNc1cccc(NC(=O)C(C)(C)C)c1. The van der Waals surface area contributed by atoms with Gasteiger partial charge in [0.1, 0.15) is 5.75 Å². The van der Waals surface area contributed by atoms with Crippen LogP contribution in [0.3, 0.4) is 0 Å². The summed E-state index contributed by atoms with van der Waals surface area (Å²) in [4.78, 5) is 24.7. The molecule has 32 heavy (non-hydrogen) atoms. The smallest absolute Gasteiger partial charge is 0.243 e. The lowest BCUT2D eigenvalue weighted by Gasteiger charge is -2.18. The molecule has 0 radical (unpaired) electrons. The lowest BCUT2D eigenvalue weighted by molar-refractivity contribution is -0.123. The van der Waals surface area contributed by atoms with Gasteiger partial charge in [-0.25, -0.2) is 12.7 Å². The molecule has 2 rings (SSSR count). The Morgan fingerprint density at radius 1 is 1.00 bits per heavy atom. The lowest BCUT2D eigenvalue weighted by atomic mass is 9.95. The molecule has 2 aromatic rings. The summed E-state index contributed by atoms with van der Waals surface area (Å²) in [5, 5.41) is 8.50. The lowest BCUT2D eigenvalue weighted by Crippen LogP contribution is -2.27. The highest BCUT2D eigenvalue weighted by Gasteiger charge is 2.21. The Hall–Kier alpha value is -3.11. The minimum absolute atomic E-state index is 0.0360. The summed E-state index contributed by atoms with van der Waals surface area (Å²) in [6.45, 7) is 5.38. The van der Waals surface area contributed by atoms with E-state index in [1.165, 1.54) is 39.4 Å². The molecule has 0 aromatic heterocycles. The molecule has 0 spiro atoms. The van der Waals surface area contributed by atoms with E-state index in [1.807, 2.05) is 20.8 Å². The molecule has 10 heteroatoms. The first-order chi connectivity index (χ1) is 14.8. The van der Waals surface area contributed by atoms with Gasteiger partial charge in [0.15, 0.2) is 0 Å². The van der Waals surface area contributed by atoms with Crippen LogP contribution < -0.4 is 20.7 Å². The third kappa shape index (κ3) is 6.44. The molecule has 0 aliphatic rings. The minimum Gasteiger partial charge on any atom is -0.495 e. The Bertz CT molecular complexity index is 1090. The normalized spacial score (nSPS) is 11.7. The van der Waals surface area contributed by atoms with E-state index in [9.17, 15) is 18.0 Å². The number of benzene rings is 2. The first-order valence-corrected chi connectivity index (χ1v) is 11.3. The zero-order valence-corrected chi connectivity index (χ0v) is 20.0. The summed E-state index contributed by atoms with van der Waals surface area (Å²) < 4.78 is 31.1. The molecule has 0 heterocycles. The number of amides is 2. The van der Waals surface area contributed by atoms with E-state index in [0.29, 0.717) is 17.1 Å². The molecular weight excluding hydrogens is 432 g/mol. The number of rotatable bonds is 8. The average molecular weight is 463 g/mol. The van der Waals surface area contributed by atoms with Gasteiger partial charge in [0.25, 0.3) is 0 Å². The van der Waals surface area contributed by atoms with E-state index >= 15 is 0 Å². The van der Waals surface area contributed by atoms with Crippen LogP contribution in [0.15, 0.2) is 47.4 Å². The molecule has 9 nitrogen and oxygen atoms in total. The summed E-state index contributed by atoms with van der Waals surface area (Å²) in [6, 6.07) is 11.3. The third-order valence-corrected chi connectivity index (χ3v) is 6.29. The summed E-state index contributed by atoms with van der Waals surface area (Å²) in [5.74, 6) is -0.179. The summed E-state index contributed by atoms with van der Waals surface area (Å²) in [6.07, 6.45) is 0. The molecule has 174 valence electrons. The van der Waals surface area contributed by atoms with Crippen LogP contribution >= 0.6 is 0 Å². The Balaban J connectivity index is 2.09. The van der Waals surface area contributed by atoms with Gasteiger partial charge in [-0.1, -0.05) is 26.8 Å². The molecule has 2 amide bonds. The number of sulfonamides is 1. The third-order valence-electron chi connectivity index (χ3n) is 4.48. The summed E-state index contributed by atoms with van der Waals surface area (Å²) >= 11 is 0. The summed E-state index contributed by atoms with van der Waals surface area (Å²) in [5.41, 5.74) is 0.964. The van der Waals surface area contributed by atoms with Crippen molar-refractivity contribution in [1.82, 2.24) is 4.31 Å². The highest BCUT2D eigenvalue weighted by Crippen LogP contribution is 2.28. The molecule has 0 unspecified atom stereocenters. The van der Waals surface area contributed by atoms with E-state index in [4.69, 9.17) is 4.74 Å². The maximum atomic E-state index is 12.5. The van der Waals surface area contributed by atoms with Crippen molar-refractivity contribution in [2.24, 2.45) is 5.41 Å². The first-order valence-electron chi connectivity index (χ1n) is 9.90. The van der Waals surface area contributed by atoms with Crippen molar-refractivity contribution in [3.05, 3.63) is 42.5 Å². The highest BCUT2D eigenvalue weighted by molar-refractivity contribution is 7.89. The molecule has 0 aliphatic heterocycles. The Kier molecular flexibility index (Phi) is 7.87. The van der Waals surface area contributed by atoms with Gasteiger partial charge in [-0.05, 0) is 36.4 Å². The number of ether oxygens (including phenoxy) is 1. The van der Waals surface area contributed by atoms with Gasteiger partial charge in [-0.2, -0.15) is 0 Å². The maximum absolute atomic E-state index is 12.5. The quantitative estimate of drug-likeness (QED) is 0.555. The van der Waals surface area contributed by atoms with Gasteiger partial charge in [-0.15, -0.1) is 0 Å². The number of hydrogen-bond acceptors (Lipinski definition) is 6. The van der Waals surface area contributed by atoms with Crippen LogP contribution in [0.5, 0.6) is 5.75 Å². The van der Waals surface area contributed by atoms with Crippen molar-refractivity contribution in [3.63, 3.8) is 0 Å². The molecular formula is C22H30N4O5S. The topological polar surface area (TPSA) is 117 Å². The van der Waals surface area contributed by atoms with Gasteiger partial charge in [0, 0.05) is 30.9 Å². The van der Waals surface area contributed by atoms with E-state index in [-0.39, 0.29) is 23.0 Å². The number of nitrogens with zero attached hydrogens (tertiary/aromatic N) is 1. The summed E-state index contributed by atoms with van der Waals surface area (Å²) in [7, 11) is 0.628. The monoisotopic (exact) mass is 462 g/mol. The van der Waals surface area contributed by atoms with Gasteiger partial charge in [-0.3, -0.25) is 9.59 Å². The predicted octanol–water partition coefficient (Wildman–Crippen LogP) is 2.98. The van der Waals surface area contributed by atoms with Crippen LogP contribution in [-0.2, 0) is 19.6 Å². The Morgan fingerprint density at radius 3 is 2.25 bits per heavy atom. The second kappa shape index (κ2) is 10.0. The van der Waals surface area contributed by atoms with Gasteiger partial charge in [0.05, 0.1) is 24.2 Å².